The van der Waals surface area contributed by atoms with E-state index >= 15 is 0 Å². The SMILES string of the molecule is O=C(Cc1cccs1)N1CCN(c2nccs2)CC1. The van der Waals surface area contributed by atoms with Crippen molar-refractivity contribution in [3.8, 4) is 0 Å². The lowest BCUT2D eigenvalue weighted by Gasteiger charge is -2.34. The summed E-state index contributed by atoms with van der Waals surface area (Å²) in [5.41, 5.74) is 0. The summed E-state index contributed by atoms with van der Waals surface area (Å²) in [4.78, 5) is 21.8. The molecule has 2 aromatic heterocycles. The molecule has 1 aliphatic heterocycles. The first-order valence-electron chi connectivity index (χ1n) is 6.27. The maximum absolute atomic E-state index is 12.2. The molecule has 0 saturated carbocycles. The lowest BCUT2D eigenvalue weighted by molar-refractivity contribution is -0.130. The van der Waals surface area contributed by atoms with E-state index in [1.54, 1.807) is 22.7 Å². The highest BCUT2D eigenvalue weighted by molar-refractivity contribution is 7.13. The van der Waals surface area contributed by atoms with Gasteiger partial charge in [0.25, 0.3) is 0 Å². The van der Waals surface area contributed by atoms with E-state index in [-0.39, 0.29) is 5.91 Å². The molecule has 0 aliphatic carbocycles. The van der Waals surface area contributed by atoms with Crippen molar-refractivity contribution in [1.82, 2.24) is 9.88 Å². The topological polar surface area (TPSA) is 36.4 Å². The minimum atomic E-state index is 0.237. The van der Waals surface area contributed by atoms with E-state index in [4.69, 9.17) is 0 Å². The highest BCUT2D eigenvalue weighted by Crippen LogP contribution is 2.19. The van der Waals surface area contributed by atoms with Gasteiger partial charge in [0.1, 0.15) is 0 Å². The number of piperazine rings is 1. The van der Waals surface area contributed by atoms with Crippen molar-refractivity contribution >= 4 is 33.7 Å². The van der Waals surface area contributed by atoms with Gasteiger partial charge in [0, 0.05) is 42.6 Å². The van der Waals surface area contributed by atoms with Crippen LogP contribution in [0, 0.1) is 0 Å². The zero-order valence-corrected chi connectivity index (χ0v) is 12.1. The number of carbonyl (C=O) groups is 1. The molecule has 6 heteroatoms. The van der Waals surface area contributed by atoms with Gasteiger partial charge in [-0.25, -0.2) is 4.98 Å². The Bertz CT molecular complexity index is 516. The molecule has 0 N–H and O–H groups in total. The summed E-state index contributed by atoms with van der Waals surface area (Å²) < 4.78 is 0. The fraction of sp³-hybridized carbons (Fsp3) is 0.385. The van der Waals surface area contributed by atoms with Crippen molar-refractivity contribution < 1.29 is 4.79 Å². The van der Waals surface area contributed by atoms with Crippen LogP contribution in [0.3, 0.4) is 0 Å². The Kier molecular flexibility index (Phi) is 3.79. The Morgan fingerprint density at radius 3 is 2.68 bits per heavy atom. The number of rotatable bonds is 3. The van der Waals surface area contributed by atoms with Crippen LogP contribution < -0.4 is 4.90 Å². The Labute approximate surface area is 120 Å². The standard InChI is InChI=1S/C13H15N3OS2/c17-12(10-11-2-1-8-18-11)15-4-6-16(7-5-15)13-14-3-9-19-13/h1-3,8-9H,4-7,10H2. The van der Waals surface area contributed by atoms with Gasteiger partial charge >= 0.3 is 0 Å². The molecular formula is C13H15N3OS2. The maximum Gasteiger partial charge on any atom is 0.227 e. The summed E-state index contributed by atoms with van der Waals surface area (Å²) in [5, 5.41) is 5.07. The summed E-state index contributed by atoms with van der Waals surface area (Å²) in [5.74, 6) is 0.237. The molecule has 2 aromatic rings. The number of nitrogens with zero attached hydrogens (tertiary/aromatic N) is 3. The normalized spacial score (nSPS) is 15.8. The van der Waals surface area contributed by atoms with E-state index < -0.39 is 0 Å². The van der Waals surface area contributed by atoms with Crippen LogP contribution in [-0.4, -0.2) is 42.0 Å². The van der Waals surface area contributed by atoms with E-state index in [0.717, 1.165) is 36.2 Å². The molecule has 3 rings (SSSR count). The minimum Gasteiger partial charge on any atom is -0.345 e. The van der Waals surface area contributed by atoms with E-state index in [1.807, 2.05) is 34.0 Å². The zero-order chi connectivity index (χ0) is 13.1. The highest BCUT2D eigenvalue weighted by Gasteiger charge is 2.22. The predicted molar refractivity (Wildman–Crippen MR) is 78.9 cm³/mol. The first-order chi connectivity index (χ1) is 9.33. The van der Waals surface area contributed by atoms with Gasteiger partial charge in [-0.1, -0.05) is 6.07 Å². The number of aromatic nitrogens is 1. The zero-order valence-electron chi connectivity index (χ0n) is 10.5. The van der Waals surface area contributed by atoms with Gasteiger partial charge in [-0.15, -0.1) is 22.7 Å². The molecule has 1 fully saturated rings. The first-order valence-corrected chi connectivity index (χ1v) is 8.03. The summed E-state index contributed by atoms with van der Waals surface area (Å²) in [6, 6.07) is 4.02. The van der Waals surface area contributed by atoms with E-state index in [2.05, 4.69) is 9.88 Å². The van der Waals surface area contributed by atoms with E-state index in [9.17, 15) is 4.79 Å². The summed E-state index contributed by atoms with van der Waals surface area (Å²) in [6.45, 7) is 3.35. The van der Waals surface area contributed by atoms with Crippen LogP contribution in [0.4, 0.5) is 5.13 Å². The van der Waals surface area contributed by atoms with E-state index in [1.165, 1.54) is 0 Å². The molecule has 0 atom stereocenters. The fourth-order valence-electron chi connectivity index (χ4n) is 2.19. The molecule has 4 nitrogen and oxygen atoms in total. The van der Waals surface area contributed by atoms with Crippen molar-refractivity contribution in [3.63, 3.8) is 0 Å². The number of hydrogen-bond donors (Lipinski definition) is 0. The number of thiazole rings is 1. The quantitative estimate of drug-likeness (QED) is 0.869. The van der Waals surface area contributed by atoms with Gasteiger partial charge < -0.3 is 9.80 Å². The third kappa shape index (κ3) is 2.96. The average molecular weight is 293 g/mol. The lowest BCUT2D eigenvalue weighted by atomic mass is 10.2. The van der Waals surface area contributed by atoms with Gasteiger partial charge in [0.2, 0.25) is 5.91 Å². The summed E-state index contributed by atoms with van der Waals surface area (Å²) >= 11 is 3.30. The second kappa shape index (κ2) is 5.71. The molecular weight excluding hydrogens is 278 g/mol. The van der Waals surface area contributed by atoms with Gasteiger partial charge in [-0.3, -0.25) is 4.79 Å². The van der Waals surface area contributed by atoms with Crippen molar-refractivity contribution in [3.05, 3.63) is 34.0 Å². The van der Waals surface area contributed by atoms with Gasteiger partial charge in [0.05, 0.1) is 6.42 Å². The van der Waals surface area contributed by atoms with Crippen LogP contribution in [0.5, 0.6) is 0 Å². The molecule has 1 saturated heterocycles. The van der Waals surface area contributed by atoms with Crippen LogP contribution >= 0.6 is 22.7 Å². The third-order valence-corrected chi connectivity index (χ3v) is 4.94. The number of hydrogen-bond acceptors (Lipinski definition) is 5. The average Bonchev–Trinajstić information content (AvgIpc) is 3.12. The van der Waals surface area contributed by atoms with E-state index in [0.29, 0.717) is 6.42 Å². The molecule has 0 unspecified atom stereocenters. The second-order valence-corrected chi connectivity index (χ2v) is 6.34. The minimum absolute atomic E-state index is 0.237. The van der Waals surface area contributed by atoms with Gasteiger partial charge in [-0.2, -0.15) is 0 Å². The summed E-state index contributed by atoms with van der Waals surface area (Å²) in [7, 11) is 0. The molecule has 19 heavy (non-hydrogen) atoms. The Morgan fingerprint density at radius 1 is 1.21 bits per heavy atom. The summed E-state index contributed by atoms with van der Waals surface area (Å²) in [6.07, 6.45) is 2.36. The van der Waals surface area contributed by atoms with Crippen molar-refractivity contribution in [2.45, 2.75) is 6.42 Å². The monoisotopic (exact) mass is 293 g/mol. The molecule has 3 heterocycles. The smallest absolute Gasteiger partial charge is 0.227 e. The van der Waals surface area contributed by atoms with Crippen LogP contribution in [-0.2, 0) is 11.2 Å². The molecule has 0 bridgehead atoms. The Balaban J connectivity index is 1.54. The van der Waals surface area contributed by atoms with Gasteiger partial charge in [-0.05, 0) is 11.4 Å². The van der Waals surface area contributed by atoms with Crippen molar-refractivity contribution in [2.24, 2.45) is 0 Å². The second-order valence-electron chi connectivity index (χ2n) is 4.44. The van der Waals surface area contributed by atoms with Crippen LogP contribution in [0.1, 0.15) is 4.88 Å². The Morgan fingerprint density at radius 2 is 2.05 bits per heavy atom. The third-order valence-electron chi connectivity index (χ3n) is 3.23. The number of amides is 1. The van der Waals surface area contributed by atoms with Crippen LogP contribution in [0.15, 0.2) is 29.1 Å². The molecule has 100 valence electrons. The van der Waals surface area contributed by atoms with Crippen LogP contribution in [0.25, 0.3) is 0 Å². The number of carbonyl (C=O) groups excluding carboxylic acids is 1. The first kappa shape index (κ1) is 12.6. The largest absolute Gasteiger partial charge is 0.345 e. The van der Waals surface area contributed by atoms with Gasteiger partial charge in [0.15, 0.2) is 5.13 Å². The fourth-order valence-corrected chi connectivity index (χ4v) is 3.59. The number of thiophene rings is 1. The molecule has 0 spiro atoms. The molecule has 0 aromatic carbocycles. The van der Waals surface area contributed by atoms with Crippen molar-refractivity contribution in [2.75, 3.05) is 31.1 Å². The molecule has 1 amide bonds. The molecule has 1 aliphatic rings. The Hall–Kier alpha value is -1.40. The molecule has 0 radical (unpaired) electrons. The number of anilines is 1. The van der Waals surface area contributed by atoms with Crippen LogP contribution in [0.2, 0.25) is 0 Å². The maximum atomic E-state index is 12.2. The van der Waals surface area contributed by atoms with Crippen molar-refractivity contribution in [1.29, 1.82) is 0 Å². The lowest BCUT2D eigenvalue weighted by Crippen LogP contribution is -2.49. The highest BCUT2D eigenvalue weighted by atomic mass is 32.1. The predicted octanol–water partition coefficient (Wildman–Crippen LogP) is 2.10.